The van der Waals surface area contributed by atoms with Crippen LogP contribution in [0.2, 0.25) is 19.6 Å². The largest absolute Gasteiger partial charge is 0.394 e. The fraction of sp³-hybridized carbons (Fsp3) is 0.538. The van der Waals surface area contributed by atoms with Crippen molar-refractivity contribution in [2.24, 2.45) is 0 Å². The Morgan fingerprint density at radius 3 is 2.41 bits per heavy atom. The summed E-state index contributed by atoms with van der Waals surface area (Å²) in [6.45, 7) is 7.17. The number of hydrogen-bond acceptors (Lipinski definition) is 3. The zero-order valence-electron chi connectivity index (χ0n) is 10.6. The van der Waals surface area contributed by atoms with Crippen molar-refractivity contribution in [3.05, 3.63) is 35.9 Å². The van der Waals surface area contributed by atoms with Gasteiger partial charge in [-0.05, 0) is 5.56 Å². The Morgan fingerprint density at radius 2 is 1.94 bits per heavy atom. The second-order valence-electron chi connectivity index (χ2n) is 5.54. The first kappa shape index (κ1) is 12.8. The molecule has 1 aromatic rings. The summed E-state index contributed by atoms with van der Waals surface area (Å²) >= 11 is 0. The maximum absolute atomic E-state index is 9.49. The maximum atomic E-state index is 9.49. The van der Waals surface area contributed by atoms with E-state index in [0.717, 1.165) is 5.56 Å². The molecule has 1 aliphatic rings. The van der Waals surface area contributed by atoms with Gasteiger partial charge in [0, 0.05) is 0 Å². The number of hydrogen-bond donors (Lipinski definition) is 1. The SMILES string of the molecule is C[Si](C)(C)[C@]1(CO)O[C@H]1OCc1ccccc1. The Hall–Kier alpha value is -0.683. The van der Waals surface area contributed by atoms with Gasteiger partial charge in [0.1, 0.15) is 5.22 Å². The molecule has 0 bridgehead atoms. The number of epoxide rings is 1. The lowest BCUT2D eigenvalue weighted by Crippen LogP contribution is -2.47. The number of rotatable bonds is 5. The molecule has 1 aromatic carbocycles. The first-order valence-corrected chi connectivity index (χ1v) is 9.44. The van der Waals surface area contributed by atoms with E-state index in [1.807, 2.05) is 30.3 Å². The van der Waals surface area contributed by atoms with Crippen LogP contribution in [-0.4, -0.2) is 31.3 Å². The molecule has 1 heterocycles. The molecule has 2 rings (SSSR count). The highest BCUT2D eigenvalue weighted by Gasteiger charge is 2.65. The van der Waals surface area contributed by atoms with E-state index in [1.165, 1.54) is 0 Å². The van der Waals surface area contributed by atoms with Gasteiger partial charge in [-0.25, -0.2) is 0 Å². The molecule has 0 amide bonds. The highest BCUT2D eigenvalue weighted by molar-refractivity contribution is 6.79. The zero-order valence-corrected chi connectivity index (χ0v) is 11.6. The van der Waals surface area contributed by atoms with Crippen molar-refractivity contribution in [3.63, 3.8) is 0 Å². The van der Waals surface area contributed by atoms with Crippen molar-refractivity contribution < 1.29 is 14.6 Å². The minimum Gasteiger partial charge on any atom is -0.394 e. The van der Waals surface area contributed by atoms with Crippen molar-refractivity contribution in [3.8, 4) is 0 Å². The minimum absolute atomic E-state index is 0.0577. The van der Waals surface area contributed by atoms with E-state index in [4.69, 9.17) is 9.47 Å². The molecular weight excluding hydrogens is 232 g/mol. The standard InChI is InChI=1S/C13H20O3Si/c1-17(2,3)13(10-14)12(16-13)15-9-11-7-5-4-6-8-11/h4-8,12,14H,9-10H2,1-3H3/t12-,13+/m1/s1. The molecule has 0 aliphatic carbocycles. The minimum atomic E-state index is -1.57. The van der Waals surface area contributed by atoms with Gasteiger partial charge in [0.25, 0.3) is 0 Å². The van der Waals surface area contributed by atoms with E-state index in [-0.39, 0.29) is 12.9 Å². The van der Waals surface area contributed by atoms with Crippen molar-refractivity contribution in [2.75, 3.05) is 6.61 Å². The number of aliphatic hydroxyl groups is 1. The average Bonchev–Trinajstić information content (AvgIpc) is 3.02. The van der Waals surface area contributed by atoms with Crippen LogP contribution in [0.25, 0.3) is 0 Å². The van der Waals surface area contributed by atoms with E-state index in [9.17, 15) is 5.11 Å². The molecule has 1 fully saturated rings. The summed E-state index contributed by atoms with van der Waals surface area (Å²) in [5.41, 5.74) is 1.13. The summed E-state index contributed by atoms with van der Waals surface area (Å²) in [6.07, 6.45) is -0.237. The van der Waals surface area contributed by atoms with Crippen LogP contribution in [0.1, 0.15) is 5.56 Å². The van der Waals surface area contributed by atoms with Crippen LogP contribution in [0.5, 0.6) is 0 Å². The van der Waals surface area contributed by atoms with Gasteiger partial charge in [0.15, 0.2) is 6.29 Å². The molecule has 3 nitrogen and oxygen atoms in total. The van der Waals surface area contributed by atoms with Crippen LogP contribution in [0.15, 0.2) is 30.3 Å². The molecular formula is C13H20O3Si. The van der Waals surface area contributed by atoms with Crippen molar-refractivity contribution in [1.29, 1.82) is 0 Å². The smallest absolute Gasteiger partial charge is 0.186 e. The van der Waals surface area contributed by atoms with Crippen LogP contribution in [-0.2, 0) is 16.1 Å². The Balaban J connectivity index is 1.91. The van der Waals surface area contributed by atoms with Gasteiger partial charge in [-0.2, -0.15) is 0 Å². The van der Waals surface area contributed by atoms with Gasteiger partial charge >= 0.3 is 0 Å². The monoisotopic (exact) mass is 252 g/mol. The Bertz CT molecular complexity index is 374. The molecule has 94 valence electrons. The lowest BCUT2D eigenvalue weighted by molar-refractivity contribution is 0.0384. The summed E-state index contributed by atoms with van der Waals surface area (Å²) in [4.78, 5) is 0. The molecule has 2 atom stereocenters. The number of aliphatic hydroxyl groups excluding tert-OH is 1. The third-order valence-corrected chi connectivity index (χ3v) is 6.44. The first-order valence-electron chi connectivity index (χ1n) is 5.94. The Kier molecular flexibility index (Phi) is 3.40. The van der Waals surface area contributed by atoms with Gasteiger partial charge in [-0.15, -0.1) is 0 Å². The summed E-state index contributed by atoms with van der Waals surface area (Å²) in [7, 11) is -1.57. The normalized spacial score (nSPS) is 28.1. The lowest BCUT2D eigenvalue weighted by atomic mass is 10.2. The second-order valence-corrected chi connectivity index (χ2v) is 10.9. The van der Waals surface area contributed by atoms with E-state index >= 15 is 0 Å². The molecule has 1 saturated heterocycles. The molecule has 1 aliphatic heterocycles. The maximum Gasteiger partial charge on any atom is 0.186 e. The highest BCUT2D eigenvalue weighted by atomic mass is 28.3. The van der Waals surface area contributed by atoms with Crippen LogP contribution >= 0.6 is 0 Å². The van der Waals surface area contributed by atoms with Crippen LogP contribution in [0.3, 0.4) is 0 Å². The quantitative estimate of drug-likeness (QED) is 0.645. The molecule has 4 heteroatoms. The third-order valence-electron chi connectivity index (χ3n) is 3.39. The lowest BCUT2D eigenvalue weighted by Gasteiger charge is -2.23. The van der Waals surface area contributed by atoms with E-state index in [2.05, 4.69) is 19.6 Å². The van der Waals surface area contributed by atoms with Crippen molar-refractivity contribution >= 4 is 8.07 Å². The van der Waals surface area contributed by atoms with Gasteiger partial charge < -0.3 is 14.6 Å². The summed E-state index contributed by atoms with van der Waals surface area (Å²) in [6, 6.07) is 10.0. The van der Waals surface area contributed by atoms with E-state index < -0.39 is 13.3 Å². The molecule has 0 saturated carbocycles. The van der Waals surface area contributed by atoms with Crippen LogP contribution in [0.4, 0.5) is 0 Å². The fourth-order valence-corrected chi connectivity index (χ4v) is 3.68. The summed E-state index contributed by atoms with van der Waals surface area (Å²) < 4.78 is 11.4. The Morgan fingerprint density at radius 1 is 1.29 bits per heavy atom. The average molecular weight is 252 g/mol. The van der Waals surface area contributed by atoms with E-state index in [0.29, 0.717) is 6.61 Å². The topological polar surface area (TPSA) is 42.0 Å². The molecule has 1 N–H and O–H groups in total. The van der Waals surface area contributed by atoms with Crippen LogP contribution in [0, 0.1) is 0 Å². The van der Waals surface area contributed by atoms with Crippen molar-refractivity contribution in [1.82, 2.24) is 0 Å². The van der Waals surface area contributed by atoms with Gasteiger partial charge in [-0.1, -0.05) is 50.0 Å². The van der Waals surface area contributed by atoms with Gasteiger partial charge in [-0.3, -0.25) is 0 Å². The molecule has 0 aromatic heterocycles. The van der Waals surface area contributed by atoms with Gasteiger partial charge in [0.05, 0.1) is 21.3 Å². The highest BCUT2D eigenvalue weighted by Crippen LogP contribution is 2.45. The molecule has 0 unspecified atom stereocenters. The molecule has 17 heavy (non-hydrogen) atoms. The number of benzene rings is 1. The Labute approximate surface area is 103 Å². The summed E-state index contributed by atoms with van der Waals surface area (Å²) in [5, 5.41) is 9.09. The fourth-order valence-electron chi connectivity index (χ4n) is 1.95. The van der Waals surface area contributed by atoms with E-state index in [1.54, 1.807) is 0 Å². The van der Waals surface area contributed by atoms with Crippen molar-refractivity contribution in [2.45, 2.75) is 37.8 Å². The molecule has 0 spiro atoms. The predicted octanol–water partition coefficient (Wildman–Crippen LogP) is 2.17. The molecule has 0 radical (unpaired) electrons. The summed E-state index contributed by atoms with van der Waals surface area (Å²) in [5.74, 6) is 0. The second kappa shape index (κ2) is 4.53. The van der Waals surface area contributed by atoms with Gasteiger partial charge in [0.2, 0.25) is 0 Å². The first-order chi connectivity index (χ1) is 7.99. The zero-order chi connectivity index (χ0) is 12.5. The van der Waals surface area contributed by atoms with Crippen LogP contribution < -0.4 is 0 Å². The third kappa shape index (κ3) is 2.45. The number of ether oxygens (including phenoxy) is 2. The predicted molar refractivity (Wildman–Crippen MR) is 69.3 cm³/mol.